The van der Waals surface area contributed by atoms with Crippen molar-refractivity contribution in [3.63, 3.8) is 0 Å². The Bertz CT molecular complexity index is 884. The molecule has 5 nitrogen and oxygen atoms in total. The van der Waals surface area contributed by atoms with E-state index in [4.69, 9.17) is 4.74 Å². The highest BCUT2D eigenvalue weighted by atomic mass is 19.4. The van der Waals surface area contributed by atoms with E-state index in [0.29, 0.717) is 16.8 Å². The van der Waals surface area contributed by atoms with E-state index in [9.17, 15) is 22.8 Å². The third kappa shape index (κ3) is 3.38. The third-order valence-electron chi connectivity index (χ3n) is 4.13. The molecule has 3 rings (SSSR count). The van der Waals surface area contributed by atoms with E-state index in [-0.39, 0.29) is 23.5 Å². The molecule has 2 aromatic rings. The lowest BCUT2D eigenvalue weighted by molar-refractivity contribution is -0.274. The van der Waals surface area contributed by atoms with Gasteiger partial charge in [-0.05, 0) is 24.6 Å². The Morgan fingerprint density at radius 2 is 1.84 bits per heavy atom. The smallest absolute Gasteiger partial charge is 0.426 e. The number of nitrogens with zero attached hydrogens (tertiary/aromatic N) is 1. The summed E-state index contributed by atoms with van der Waals surface area (Å²) in [6.45, 7) is 1.71. The van der Waals surface area contributed by atoms with Crippen molar-refractivity contribution in [3.8, 4) is 11.5 Å². The Morgan fingerprint density at radius 3 is 2.44 bits per heavy atom. The van der Waals surface area contributed by atoms with Gasteiger partial charge in [0.2, 0.25) is 0 Å². The van der Waals surface area contributed by atoms with Crippen LogP contribution in [0, 0.1) is 6.92 Å². The maximum Gasteiger partial charge on any atom is 0.573 e. The molecule has 0 saturated carbocycles. The first-order valence-corrected chi connectivity index (χ1v) is 7.42. The summed E-state index contributed by atoms with van der Waals surface area (Å²) in [5.41, 5.74) is 1.18. The summed E-state index contributed by atoms with van der Waals surface area (Å²) in [5, 5.41) is 0. The van der Waals surface area contributed by atoms with Crippen molar-refractivity contribution in [3.05, 3.63) is 57.5 Å². The lowest BCUT2D eigenvalue weighted by Crippen LogP contribution is -2.31. The summed E-state index contributed by atoms with van der Waals surface area (Å²) in [4.78, 5) is 24.4. The largest absolute Gasteiger partial charge is 0.573 e. The Kier molecular flexibility index (Phi) is 4.06. The minimum Gasteiger partial charge on any atom is -0.426 e. The molecule has 0 fully saturated rings. The second kappa shape index (κ2) is 5.94. The van der Waals surface area contributed by atoms with Crippen molar-refractivity contribution < 1.29 is 27.4 Å². The van der Waals surface area contributed by atoms with Crippen LogP contribution in [0.25, 0.3) is 0 Å². The maximum atomic E-state index is 12.6. The van der Waals surface area contributed by atoms with Crippen molar-refractivity contribution in [1.82, 2.24) is 4.57 Å². The fourth-order valence-corrected chi connectivity index (χ4v) is 2.84. The Labute approximate surface area is 140 Å². The van der Waals surface area contributed by atoms with Gasteiger partial charge in [-0.25, -0.2) is 0 Å². The number of fused-ring (bicyclic) bond motifs is 1. The minimum atomic E-state index is -4.78. The third-order valence-corrected chi connectivity index (χ3v) is 4.13. The fraction of sp³-hybridized carbons (Fsp3) is 0.294. The number of aryl methyl sites for hydroxylation is 1. The van der Waals surface area contributed by atoms with E-state index < -0.39 is 18.2 Å². The van der Waals surface area contributed by atoms with Crippen molar-refractivity contribution in [2.75, 3.05) is 0 Å². The highest BCUT2D eigenvalue weighted by Crippen LogP contribution is 2.37. The van der Waals surface area contributed by atoms with Crippen LogP contribution in [-0.2, 0) is 11.8 Å². The molecule has 1 unspecified atom stereocenters. The van der Waals surface area contributed by atoms with Crippen LogP contribution in [0.4, 0.5) is 13.2 Å². The molecule has 0 N–H and O–H groups in total. The van der Waals surface area contributed by atoms with E-state index in [1.807, 2.05) is 0 Å². The summed E-state index contributed by atoms with van der Waals surface area (Å²) >= 11 is 0. The predicted molar refractivity (Wildman–Crippen MR) is 81.6 cm³/mol. The zero-order chi connectivity index (χ0) is 18.4. The molecule has 1 aliphatic heterocycles. The van der Waals surface area contributed by atoms with Crippen LogP contribution in [-0.4, -0.2) is 16.9 Å². The molecule has 132 valence electrons. The lowest BCUT2D eigenvalue weighted by Gasteiger charge is -2.25. The minimum absolute atomic E-state index is 0.0647. The van der Waals surface area contributed by atoms with Gasteiger partial charge in [0, 0.05) is 24.7 Å². The van der Waals surface area contributed by atoms with Gasteiger partial charge in [-0.2, -0.15) is 0 Å². The van der Waals surface area contributed by atoms with Crippen LogP contribution >= 0.6 is 0 Å². The van der Waals surface area contributed by atoms with Crippen LogP contribution in [0.3, 0.4) is 0 Å². The molecular weight excluding hydrogens is 339 g/mol. The summed E-state index contributed by atoms with van der Waals surface area (Å²) in [7, 11) is 1.60. The molecule has 0 amide bonds. The molecule has 8 heteroatoms. The highest BCUT2D eigenvalue weighted by molar-refractivity contribution is 5.77. The molecule has 1 aliphatic rings. The number of esters is 1. The van der Waals surface area contributed by atoms with E-state index in [1.54, 1.807) is 20.0 Å². The van der Waals surface area contributed by atoms with Crippen molar-refractivity contribution in [2.45, 2.75) is 25.6 Å². The van der Waals surface area contributed by atoms with Gasteiger partial charge in [-0.1, -0.05) is 12.1 Å². The van der Waals surface area contributed by atoms with Gasteiger partial charge in [-0.15, -0.1) is 13.2 Å². The topological polar surface area (TPSA) is 57.5 Å². The summed E-state index contributed by atoms with van der Waals surface area (Å²) < 4.78 is 47.2. The molecule has 1 atom stereocenters. The normalized spacial score (nSPS) is 17.0. The Balaban J connectivity index is 2.03. The van der Waals surface area contributed by atoms with Crippen molar-refractivity contribution in [2.24, 2.45) is 7.05 Å². The van der Waals surface area contributed by atoms with Gasteiger partial charge >= 0.3 is 12.3 Å². The molecule has 0 radical (unpaired) electrons. The number of hydrogen-bond donors (Lipinski definition) is 0. The number of halogens is 3. The number of aromatic nitrogens is 1. The SMILES string of the molecule is Cc1cc2c(c(=O)n1C)C(c1ccc(OC(F)(F)F)cc1)CC(=O)O2. The molecule has 2 heterocycles. The number of pyridine rings is 1. The first-order valence-electron chi connectivity index (χ1n) is 7.42. The molecule has 0 bridgehead atoms. The standard InChI is InChI=1S/C17H14F3NO4/c1-9-7-13-15(16(23)21(9)2)12(8-14(22)24-13)10-3-5-11(6-4-10)25-17(18,19)20/h3-7,12H,8H2,1-2H3. The maximum absolute atomic E-state index is 12.6. The first kappa shape index (κ1) is 17.1. The van der Waals surface area contributed by atoms with Crippen LogP contribution in [0.15, 0.2) is 35.1 Å². The van der Waals surface area contributed by atoms with Gasteiger partial charge in [0.15, 0.2) is 0 Å². The monoisotopic (exact) mass is 353 g/mol. The predicted octanol–water partition coefficient (Wildman–Crippen LogP) is 3.03. The quantitative estimate of drug-likeness (QED) is 0.779. The first-order chi connectivity index (χ1) is 11.7. The van der Waals surface area contributed by atoms with Crippen molar-refractivity contribution >= 4 is 5.97 Å². The average Bonchev–Trinajstić information content (AvgIpc) is 2.51. The number of carbonyl (C=O) groups is 1. The second-order valence-corrected chi connectivity index (χ2v) is 5.78. The highest BCUT2D eigenvalue weighted by Gasteiger charge is 2.33. The van der Waals surface area contributed by atoms with Gasteiger partial charge in [0.05, 0.1) is 12.0 Å². The summed E-state index contributed by atoms with van der Waals surface area (Å²) in [5.74, 6) is -1.26. The molecular formula is C17H14F3NO4. The van der Waals surface area contributed by atoms with Crippen LogP contribution in [0.1, 0.15) is 29.2 Å². The molecule has 0 saturated heterocycles. The number of hydrogen-bond acceptors (Lipinski definition) is 4. The zero-order valence-corrected chi connectivity index (χ0v) is 13.4. The van der Waals surface area contributed by atoms with E-state index in [0.717, 1.165) is 12.1 Å². The van der Waals surface area contributed by atoms with Gasteiger partial charge in [-0.3, -0.25) is 9.59 Å². The second-order valence-electron chi connectivity index (χ2n) is 5.78. The average molecular weight is 353 g/mol. The van der Waals surface area contributed by atoms with Crippen molar-refractivity contribution in [1.29, 1.82) is 0 Å². The summed E-state index contributed by atoms with van der Waals surface area (Å²) in [6.07, 6.45) is -4.85. The zero-order valence-electron chi connectivity index (χ0n) is 13.4. The van der Waals surface area contributed by atoms with E-state index in [2.05, 4.69) is 4.74 Å². The van der Waals surface area contributed by atoms with Gasteiger partial charge in [0.1, 0.15) is 11.5 Å². The van der Waals surface area contributed by atoms with Crippen LogP contribution in [0.5, 0.6) is 11.5 Å². The molecule has 25 heavy (non-hydrogen) atoms. The Hall–Kier alpha value is -2.77. The molecule has 1 aromatic carbocycles. The number of benzene rings is 1. The Morgan fingerprint density at radius 1 is 1.20 bits per heavy atom. The number of rotatable bonds is 2. The molecule has 0 spiro atoms. The fourth-order valence-electron chi connectivity index (χ4n) is 2.84. The number of alkyl halides is 3. The van der Waals surface area contributed by atoms with Gasteiger partial charge in [0.25, 0.3) is 5.56 Å². The molecule has 0 aliphatic carbocycles. The van der Waals surface area contributed by atoms with Gasteiger partial charge < -0.3 is 14.0 Å². The van der Waals surface area contributed by atoms with E-state index in [1.165, 1.54) is 16.7 Å². The number of ether oxygens (including phenoxy) is 2. The molecule has 1 aromatic heterocycles. The van der Waals surface area contributed by atoms with Crippen LogP contribution < -0.4 is 15.0 Å². The van der Waals surface area contributed by atoms with Crippen LogP contribution in [0.2, 0.25) is 0 Å². The van der Waals surface area contributed by atoms with E-state index >= 15 is 0 Å². The lowest BCUT2D eigenvalue weighted by atomic mass is 9.87. The summed E-state index contributed by atoms with van der Waals surface area (Å²) in [6, 6.07) is 6.73. The number of carbonyl (C=O) groups excluding carboxylic acids is 1.